The van der Waals surface area contributed by atoms with Crippen molar-refractivity contribution in [2.24, 2.45) is 0 Å². The normalized spacial score (nSPS) is 15.2. The summed E-state index contributed by atoms with van der Waals surface area (Å²) in [6, 6.07) is 9.73. The van der Waals surface area contributed by atoms with Gasteiger partial charge in [-0.2, -0.15) is 13.2 Å². The van der Waals surface area contributed by atoms with Gasteiger partial charge in [0.05, 0.1) is 10.5 Å². The average Bonchev–Trinajstić information content (AvgIpc) is 3.28. The van der Waals surface area contributed by atoms with Gasteiger partial charge in [0.15, 0.2) is 0 Å². The molecule has 0 bridgehead atoms. The smallest absolute Gasteiger partial charge is 0.351 e. The molecule has 2 aromatic carbocycles. The van der Waals surface area contributed by atoms with E-state index in [2.05, 4.69) is 14.9 Å². The van der Waals surface area contributed by atoms with Gasteiger partial charge in [-0.25, -0.2) is 8.42 Å². The molecule has 0 unspecified atom stereocenters. The number of hydrogen-bond donors (Lipinski definition) is 2. The number of nitrogens with zero attached hydrogens (tertiary/aromatic N) is 1. The van der Waals surface area contributed by atoms with Crippen LogP contribution in [0.3, 0.4) is 0 Å². The maximum Gasteiger partial charge on any atom is 0.416 e. The molecule has 0 aromatic heterocycles. The molecule has 1 saturated carbocycles. The fourth-order valence-corrected chi connectivity index (χ4v) is 4.78. The second kappa shape index (κ2) is 9.91. The monoisotopic (exact) mass is 469 g/mol. The van der Waals surface area contributed by atoms with Gasteiger partial charge in [-0.3, -0.25) is 9.52 Å². The Morgan fingerprint density at radius 3 is 2.38 bits per heavy atom. The van der Waals surface area contributed by atoms with Crippen LogP contribution >= 0.6 is 0 Å². The first-order valence-electron chi connectivity index (χ1n) is 10.3. The highest BCUT2D eigenvalue weighted by Gasteiger charge is 2.30. The van der Waals surface area contributed by atoms with Crippen molar-refractivity contribution in [1.82, 2.24) is 10.2 Å². The van der Waals surface area contributed by atoms with Crippen LogP contribution in [0.15, 0.2) is 53.4 Å². The number of amides is 1. The highest BCUT2D eigenvalue weighted by Crippen LogP contribution is 2.31. The molecule has 0 spiro atoms. The summed E-state index contributed by atoms with van der Waals surface area (Å²) >= 11 is 0. The molecule has 0 saturated heterocycles. The zero-order valence-electron chi connectivity index (χ0n) is 17.7. The number of anilines is 1. The summed E-state index contributed by atoms with van der Waals surface area (Å²) in [5.41, 5.74) is -0.858. The predicted octanol–water partition coefficient (Wildman–Crippen LogP) is 4.11. The van der Waals surface area contributed by atoms with Crippen molar-refractivity contribution < 1.29 is 26.4 Å². The van der Waals surface area contributed by atoms with E-state index in [0.717, 1.165) is 24.7 Å². The van der Waals surface area contributed by atoms with Crippen LogP contribution in [0.2, 0.25) is 0 Å². The zero-order valence-corrected chi connectivity index (χ0v) is 18.5. The van der Waals surface area contributed by atoms with Gasteiger partial charge in [0.2, 0.25) is 0 Å². The molecule has 1 fully saturated rings. The molecule has 10 heteroatoms. The Morgan fingerprint density at radius 1 is 1.09 bits per heavy atom. The Balaban J connectivity index is 1.58. The lowest BCUT2D eigenvalue weighted by Gasteiger charge is -2.23. The van der Waals surface area contributed by atoms with Gasteiger partial charge in [0.1, 0.15) is 0 Å². The SMILES string of the molecule is CN(CCNC(=O)c1ccc(S(=O)(=O)Nc2cccc(C(F)(F)F)c2)cc1)C1CCCC1. The standard InChI is InChI=1S/C22H26F3N3O3S/c1-28(19-7-2-3-8-19)14-13-26-21(29)16-9-11-20(12-10-16)32(30,31)27-18-6-4-5-17(15-18)22(23,24)25/h4-6,9-12,15,19,27H,2-3,7-8,13-14H2,1H3,(H,26,29). The molecule has 0 radical (unpaired) electrons. The quantitative estimate of drug-likeness (QED) is 0.610. The number of nitrogens with one attached hydrogen (secondary N) is 2. The van der Waals surface area contributed by atoms with Gasteiger partial charge in [-0.15, -0.1) is 0 Å². The van der Waals surface area contributed by atoms with E-state index < -0.39 is 21.8 Å². The van der Waals surface area contributed by atoms with Gasteiger partial charge in [-0.05, 0) is 62.4 Å². The van der Waals surface area contributed by atoms with E-state index in [-0.39, 0.29) is 16.5 Å². The first-order valence-corrected chi connectivity index (χ1v) is 11.8. The number of likely N-dealkylation sites (N-methyl/N-ethyl adjacent to an activating group) is 1. The van der Waals surface area contributed by atoms with Gasteiger partial charge in [0, 0.05) is 30.4 Å². The Bertz CT molecular complexity index is 1030. The lowest BCUT2D eigenvalue weighted by Crippen LogP contribution is -2.37. The minimum Gasteiger partial charge on any atom is -0.351 e. The minimum atomic E-state index is -4.58. The van der Waals surface area contributed by atoms with Crippen molar-refractivity contribution in [3.63, 3.8) is 0 Å². The topological polar surface area (TPSA) is 78.5 Å². The number of halogens is 3. The van der Waals surface area contributed by atoms with Crippen molar-refractivity contribution in [2.75, 3.05) is 24.9 Å². The first kappa shape index (κ1) is 24.1. The van der Waals surface area contributed by atoms with Crippen LogP contribution < -0.4 is 10.0 Å². The number of carbonyl (C=O) groups excluding carboxylic acids is 1. The fraction of sp³-hybridized carbons (Fsp3) is 0.409. The van der Waals surface area contributed by atoms with Gasteiger partial charge in [0.25, 0.3) is 15.9 Å². The Morgan fingerprint density at radius 2 is 1.75 bits per heavy atom. The predicted molar refractivity (Wildman–Crippen MR) is 116 cm³/mol. The Hall–Kier alpha value is -2.59. The third-order valence-corrected chi connectivity index (χ3v) is 6.96. The van der Waals surface area contributed by atoms with Crippen molar-refractivity contribution in [2.45, 2.75) is 42.8 Å². The van der Waals surface area contributed by atoms with Crippen LogP contribution in [0.5, 0.6) is 0 Å². The summed E-state index contributed by atoms with van der Waals surface area (Å²) in [6.07, 6.45) is 0.241. The van der Waals surface area contributed by atoms with Crippen molar-refractivity contribution >= 4 is 21.6 Å². The van der Waals surface area contributed by atoms with Crippen LogP contribution in [-0.4, -0.2) is 45.4 Å². The number of hydrogen-bond acceptors (Lipinski definition) is 4. The summed E-state index contributed by atoms with van der Waals surface area (Å²) in [6.45, 7) is 1.20. The molecule has 0 heterocycles. The Labute approximate surface area is 185 Å². The molecule has 0 aliphatic heterocycles. The van der Waals surface area contributed by atoms with E-state index in [9.17, 15) is 26.4 Å². The number of sulfonamides is 1. The molecule has 1 aliphatic carbocycles. The summed E-state index contributed by atoms with van der Waals surface area (Å²) in [5.74, 6) is -0.320. The molecule has 6 nitrogen and oxygen atoms in total. The van der Waals surface area contributed by atoms with Gasteiger partial charge >= 0.3 is 6.18 Å². The molecular weight excluding hydrogens is 443 g/mol. The first-order chi connectivity index (χ1) is 15.1. The molecule has 174 valence electrons. The molecule has 1 amide bonds. The highest BCUT2D eigenvalue weighted by molar-refractivity contribution is 7.92. The van der Waals surface area contributed by atoms with E-state index in [4.69, 9.17) is 0 Å². The van der Waals surface area contributed by atoms with Crippen LogP contribution in [0.4, 0.5) is 18.9 Å². The number of benzene rings is 2. The second-order valence-corrected chi connectivity index (χ2v) is 9.57. The van der Waals surface area contributed by atoms with E-state index >= 15 is 0 Å². The van der Waals surface area contributed by atoms with Gasteiger partial charge < -0.3 is 10.2 Å². The molecule has 2 aromatic rings. The van der Waals surface area contributed by atoms with Crippen molar-refractivity contribution in [3.8, 4) is 0 Å². The van der Waals surface area contributed by atoms with Gasteiger partial charge in [-0.1, -0.05) is 18.9 Å². The van der Waals surface area contributed by atoms with Crippen LogP contribution in [0.25, 0.3) is 0 Å². The summed E-state index contributed by atoms with van der Waals surface area (Å²) < 4.78 is 65.7. The molecule has 0 atom stereocenters. The average molecular weight is 470 g/mol. The van der Waals surface area contributed by atoms with Crippen molar-refractivity contribution in [1.29, 1.82) is 0 Å². The molecular formula is C22H26F3N3O3S. The van der Waals surface area contributed by atoms with Crippen LogP contribution in [0.1, 0.15) is 41.6 Å². The number of carbonyl (C=O) groups is 1. The number of rotatable bonds is 8. The minimum absolute atomic E-state index is 0.160. The van der Waals surface area contributed by atoms with E-state index in [1.807, 2.05) is 7.05 Å². The number of alkyl halides is 3. The summed E-state index contributed by atoms with van der Waals surface area (Å²) in [4.78, 5) is 14.4. The van der Waals surface area contributed by atoms with E-state index in [1.54, 1.807) is 0 Å². The second-order valence-electron chi connectivity index (χ2n) is 7.88. The molecule has 1 aliphatic rings. The zero-order chi connectivity index (χ0) is 23.4. The Kier molecular flexibility index (Phi) is 7.45. The maximum atomic E-state index is 12.8. The summed E-state index contributed by atoms with van der Waals surface area (Å²) in [5, 5.41) is 2.82. The lowest BCUT2D eigenvalue weighted by molar-refractivity contribution is -0.137. The largest absolute Gasteiger partial charge is 0.416 e. The highest BCUT2D eigenvalue weighted by atomic mass is 32.2. The van der Waals surface area contributed by atoms with Crippen molar-refractivity contribution in [3.05, 3.63) is 59.7 Å². The molecule has 3 rings (SSSR count). The van der Waals surface area contributed by atoms with Crippen LogP contribution in [0, 0.1) is 0 Å². The van der Waals surface area contributed by atoms with E-state index in [0.29, 0.717) is 18.2 Å². The molecule has 32 heavy (non-hydrogen) atoms. The van der Waals surface area contributed by atoms with E-state index in [1.165, 1.54) is 56.0 Å². The molecule has 2 N–H and O–H groups in total. The third-order valence-electron chi connectivity index (χ3n) is 5.57. The maximum absolute atomic E-state index is 12.8. The van der Waals surface area contributed by atoms with Crippen LogP contribution in [-0.2, 0) is 16.2 Å². The fourth-order valence-electron chi connectivity index (χ4n) is 3.73. The third kappa shape index (κ3) is 6.23. The lowest BCUT2D eigenvalue weighted by atomic mass is 10.2. The summed E-state index contributed by atoms with van der Waals surface area (Å²) in [7, 11) is -2.07.